The monoisotopic (exact) mass is 398 g/mol. The van der Waals surface area contributed by atoms with Crippen molar-refractivity contribution >= 4 is 50.0 Å². The number of benzene rings is 1. The Hall–Kier alpha value is -1.41. The van der Waals surface area contributed by atoms with E-state index in [2.05, 4.69) is 9.71 Å². The van der Waals surface area contributed by atoms with Gasteiger partial charge in [0.2, 0.25) is 0 Å². The number of thiophene rings is 1. The molecule has 0 bridgehead atoms. The highest BCUT2D eigenvalue weighted by Crippen LogP contribution is 2.33. The van der Waals surface area contributed by atoms with Crippen molar-refractivity contribution in [2.45, 2.75) is 25.0 Å². The fraction of sp³-hybridized carbons (Fsp3) is 0.188. The van der Waals surface area contributed by atoms with Crippen LogP contribution < -0.4 is 4.72 Å². The summed E-state index contributed by atoms with van der Waals surface area (Å²) < 4.78 is 28.1. The number of anilines is 1. The predicted molar refractivity (Wildman–Crippen MR) is 102 cm³/mol. The Morgan fingerprint density at radius 2 is 1.92 bits per heavy atom. The molecule has 0 aliphatic heterocycles. The Balaban J connectivity index is 1.92. The zero-order valence-corrected chi connectivity index (χ0v) is 16.5. The van der Waals surface area contributed by atoms with Crippen LogP contribution in [0.2, 0.25) is 5.02 Å². The van der Waals surface area contributed by atoms with E-state index in [1.807, 2.05) is 26.2 Å². The van der Waals surface area contributed by atoms with E-state index in [-0.39, 0.29) is 4.21 Å². The summed E-state index contributed by atoms with van der Waals surface area (Å²) in [6.07, 6.45) is 0. The third-order valence-electron chi connectivity index (χ3n) is 3.56. The molecule has 0 saturated carbocycles. The fourth-order valence-electron chi connectivity index (χ4n) is 2.07. The Morgan fingerprint density at radius 3 is 2.58 bits per heavy atom. The molecule has 3 aromatic rings. The van der Waals surface area contributed by atoms with Crippen molar-refractivity contribution in [1.82, 2.24) is 4.98 Å². The second kappa shape index (κ2) is 6.48. The van der Waals surface area contributed by atoms with Gasteiger partial charge in [0.25, 0.3) is 10.0 Å². The average molecular weight is 399 g/mol. The van der Waals surface area contributed by atoms with E-state index in [9.17, 15) is 8.42 Å². The molecule has 0 aliphatic carbocycles. The van der Waals surface area contributed by atoms with Crippen LogP contribution in [0.1, 0.15) is 16.1 Å². The van der Waals surface area contributed by atoms with Crippen molar-refractivity contribution in [3.05, 3.63) is 50.8 Å². The number of aromatic nitrogens is 1. The maximum atomic E-state index is 12.6. The molecule has 4 nitrogen and oxygen atoms in total. The van der Waals surface area contributed by atoms with Gasteiger partial charge in [-0.2, -0.15) is 0 Å². The van der Waals surface area contributed by atoms with E-state index >= 15 is 0 Å². The molecule has 0 fully saturated rings. The normalized spacial score (nSPS) is 11.7. The van der Waals surface area contributed by atoms with Gasteiger partial charge >= 0.3 is 0 Å². The zero-order valence-electron chi connectivity index (χ0n) is 13.3. The van der Waals surface area contributed by atoms with E-state index in [0.717, 1.165) is 26.7 Å². The van der Waals surface area contributed by atoms with Gasteiger partial charge in [-0.1, -0.05) is 17.7 Å². The van der Waals surface area contributed by atoms with E-state index < -0.39 is 10.0 Å². The van der Waals surface area contributed by atoms with Crippen LogP contribution in [-0.2, 0) is 10.0 Å². The Bertz CT molecular complexity index is 987. The molecule has 0 atom stereocenters. The molecular formula is C16H15ClN2O2S3. The molecule has 0 radical (unpaired) electrons. The first-order chi connectivity index (χ1) is 11.3. The lowest BCUT2D eigenvalue weighted by molar-refractivity contribution is 0.603. The minimum atomic E-state index is -3.66. The average Bonchev–Trinajstić information content (AvgIpc) is 3.11. The summed E-state index contributed by atoms with van der Waals surface area (Å²) in [5.41, 5.74) is 3.09. The topological polar surface area (TPSA) is 59.1 Å². The molecule has 0 amide bonds. The third kappa shape index (κ3) is 3.49. The highest BCUT2D eigenvalue weighted by atomic mass is 35.5. The van der Waals surface area contributed by atoms with Crippen LogP contribution in [0.25, 0.3) is 10.6 Å². The minimum absolute atomic E-state index is 0.252. The number of nitrogens with zero attached hydrogens (tertiary/aromatic N) is 1. The minimum Gasteiger partial charge on any atom is -0.279 e. The Kier molecular flexibility index (Phi) is 4.70. The molecular weight excluding hydrogens is 384 g/mol. The third-order valence-corrected chi connectivity index (χ3v) is 7.72. The van der Waals surface area contributed by atoms with Crippen molar-refractivity contribution in [3.8, 4) is 10.6 Å². The smallest absolute Gasteiger partial charge is 0.271 e. The SMILES string of the molecule is Cc1ccc(Cl)cc1NS(=O)(=O)c1cc(-c2nc(C)c(C)s2)cs1. The number of halogens is 1. The summed E-state index contributed by atoms with van der Waals surface area (Å²) in [4.78, 5) is 5.61. The largest absolute Gasteiger partial charge is 0.279 e. The molecule has 8 heteroatoms. The van der Waals surface area contributed by atoms with Crippen molar-refractivity contribution in [2.24, 2.45) is 0 Å². The van der Waals surface area contributed by atoms with E-state index in [1.54, 1.807) is 35.6 Å². The summed E-state index contributed by atoms with van der Waals surface area (Å²) in [6.45, 7) is 5.78. The Morgan fingerprint density at radius 1 is 1.17 bits per heavy atom. The predicted octanol–water partition coefficient (Wildman–Crippen LogP) is 5.25. The summed E-state index contributed by atoms with van der Waals surface area (Å²) in [5.74, 6) is 0. The molecule has 0 saturated heterocycles. The van der Waals surface area contributed by atoms with Gasteiger partial charge in [0, 0.05) is 20.8 Å². The summed E-state index contributed by atoms with van der Waals surface area (Å²) in [7, 11) is -3.66. The van der Waals surface area contributed by atoms with Crippen molar-refractivity contribution < 1.29 is 8.42 Å². The second-order valence-electron chi connectivity index (χ2n) is 5.38. The van der Waals surface area contributed by atoms with Crippen LogP contribution in [0.5, 0.6) is 0 Å². The van der Waals surface area contributed by atoms with Crippen molar-refractivity contribution in [1.29, 1.82) is 0 Å². The van der Waals surface area contributed by atoms with Crippen molar-refractivity contribution in [3.63, 3.8) is 0 Å². The zero-order chi connectivity index (χ0) is 17.5. The summed E-state index contributed by atoms with van der Waals surface area (Å²) in [5, 5.41) is 3.14. The summed E-state index contributed by atoms with van der Waals surface area (Å²) >= 11 is 8.70. The lowest BCUT2D eigenvalue weighted by Crippen LogP contribution is -2.12. The summed E-state index contributed by atoms with van der Waals surface area (Å²) in [6, 6.07) is 6.77. The Labute approximate surface area is 154 Å². The van der Waals surface area contributed by atoms with Crippen LogP contribution in [0.4, 0.5) is 5.69 Å². The number of sulfonamides is 1. The molecule has 24 heavy (non-hydrogen) atoms. The molecule has 2 aromatic heterocycles. The first kappa shape index (κ1) is 17.4. The molecule has 1 N–H and O–H groups in total. The lowest BCUT2D eigenvalue weighted by atomic mass is 10.2. The van der Waals surface area contributed by atoms with Crippen LogP contribution in [-0.4, -0.2) is 13.4 Å². The van der Waals surface area contributed by atoms with Crippen LogP contribution in [0.15, 0.2) is 33.9 Å². The first-order valence-corrected chi connectivity index (χ1v) is 10.6. The molecule has 126 valence electrons. The maximum absolute atomic E-state index is 12.6. The first-order valence-electron chi connectivity index (χ1n) is 7.08. The molecule has 0 spiro atoms. The number of thiazole rings is 1. The van der Waals surface area contributed by atoms with Gasteiger partial charge in [-0.3, -0.25) is 4.72 Å². The van der Waals surface area contributed by atoms with Gasteiger partial charge in [0.15, 0.2) is 0 Å². The van der Waals surface area contributed by atoms with Crippen LogP contribution in [0, 0.1) is 20.8 Å². The molecule has 0 unspecified atom stereocenters. The highest BCUT2D eigenvalue weighted by Gasteiger charge is 2.19. The molecule has 3 rings (SSSR count). The van der Waals surface area contributed by atoms with Gasteiger partial charge in [-0.25, -0.2) is 13.4 Å². The quantitative estimate of drug-likeness (QED) is 0.652. The van der Waals surface area contributed by atoms with Gasteiger partial charge in [-0.15, -0.1) is 22.7 Å². The second-order valence-corrected chi connectivity index (χ2v) is 9.84. The standard InChI is InChI=1S/C16H15ClN2O2S3/c1-9-4-5-13(17)7-14(9)19-24(20,21)15-6-12(8-22-15)16-18-10(2)11(3)23-16/h4-8,19H,1-3H3. The molecule has 2 heterocycles. The number of hydrogen-bond donors (Lipinski definition) is 1. The van der Waals surface area contributed by atoms with Gasteiger partial charge < -0.3 is 0 Å². The number of nitrogens with one attached hydrogen (secondary N) is 1. The van der Waals surface area contributed by atoms with E-state index in [1.165, 1.54) is 11.3 Å². The fourth-order valence-corrected chi connectivity index (χ4v) is 5.50. The lowest BCUT2D eigenvalue weighted by Gasteiger charge is -2.09. The molecule has 0 aliphatic rings. The highest BCUT2D eigenvalue weighted by molar-refractivity contribution is 7.94. The van der Waals surface area contributed by atoms with Crippen LogP contribution in [0.3, 0.4) is 0 Å². The maximum Gasteiger partial charge on any atom is 0.271 e. The van der Waals surface area contributed by atoms with Gasteiger partial charge in [0.05, 0.1) is 11.4 Å². The van der Waals surface area contributed by atoms with E-state index in [0.29, 0.717) is 10.7 Å². The van der Waals surface area contributed by atoms with Crippen LogP contribution >= 0.6 is 34.3 Å². The van der Waals surface area contributed by atoms with E-state index in [4.69, 9.17) is 11.6 Å². The number of rotatable bonds is 4. The number of hydrogen-bond acceptors (Lipinski definition) is 5. The van der Waals surface area contributed by atoms with Crippen molar-refractivity contribution in [2.75, 3.05) is 4.72 Å². The number of aryl methyl sites for hydroxylation is 3. The van der Waals surface area contributed by atoms with Gasteiger partial charge in [-0.05, 0) is 44.5 Å². The van der Waals surface area contributed by atoms with Gasteiger partial charge in [0.1, 0.15) is 9.22 Å². The molecule has 1 aromatic carbocycles.